The van der Waals surface area contributed by atoms with Gasteiger partial charge in [-0.3, -0.25) is 4.68 Å². The molecule has 6 aromatic heterocycles. The van der Waals surface area contributed by atoms with E-state index in [-0.39, 0.29) is 41.0 Å². The molecule has 0 unspecified atom stereocenters. The molecular formula is C47H51F3N16OS. The highest BCUT2D eigenvalue weighted by atomic mass is 32.1. The fourth-order valence-electron chi connectivity index (χ4n) is 8.57. The van der Waals surface area contributed by atoms with E-state index in [0.717, 1.165) is 83.7 Å². The number of anilines is 2. The van der Waals surface area contributed by atoms with Gasteiger partial charge in [0.15, 0.2) is 29.1 Å². The quantitative estimate of drug-likeness (QED) is 0.0990. The highest BCUT2D eigenvalue weighted by Gasteiger charge is 2.25. The molecule has 2 fully saturated rings. The number of nitrogens with two attached hydrogens (primary N) is 2. The summed E-state index contributed by atoms with van der Waals surface area (Å²) in [6, 6.07) is 12.7. The van der Waals surface area contributed by atoms with Crippen LogP contribution < -0.4 is 22.1 Å². The number of ether oxygens (including phenoxy) is 1. The lowest BCUT2D eigenvalue weighted by molar-refractivity contribution is 0.131. The first kappa shape index (κ1) is 46.2. The van der Waals surface area contributed by atoms with E-state index in [1.54, 1.807) is 55.9 Å². The Morgan fingerprint density at radius 1 is 0.721 bits per heavy atom. The van der Waals surface area contributed by atoms with Crippen molar-refractivity contribution in [3.63, 3.8) is 0 Å². The van der Waals surface area contributed by atoms with Gasteiger partial charge in [-0.25, -0.2) is 23.1 Å². The first-order chi connectivity index (χ1) is 33.0. The molecule has 0 aliphatic carbocycles. The topological polar surface area (TPSA) is 216 Å². The van der Waals surface area contributed by atoms with E-state index in [1.165, 1.54) is 27.3 Å². The normalized spacial score (nSPS) is 14.6. The van der Waals surface area contributed by atoms with Gasteiger partial charge in [0.05, 0.1) is 30.0 Å². The molecule has 21 heteroatoms. The minimum Gasteiger partial charge on any atom is -0.383 e. The summed E-state index contributed by atoms with van der Waals surface area (Å²) in [5.41, 5.74) is 19.0. The summed E-state index contributed by atoms with van der Waals surface area (Å²) in [5.74, 6) is -0.918. The van der Waals surface area contributed by atoms with Gasteiger partial charge in [0.1, 0.15) is 23.0 Å². The van der Waals surface area contributed by atoms with Crippen LogP contribution in [0.4, 0.5) is 24.8 Å². The largest absolute Gasteiger partial charge is 0.383 e. The van der Waals surface area contributed by atoms with Crippen LogP contribution in [0, 0.1) is 38.2 Å². The highest BCUT2D eigenvalue weighted by Crippen LogP contribution is 2.40. The van der Waals surface area contributed by atoms with Crippen LogP contribution in [0.15, 0.2) is 67.3 Å². The average Bonchev–Trinajstić information content (AvgIpc) is 4.21. The number of nitrogens with zero attached hydrogens (tertiary/aromatic N) is 12. The van der Waals surface area contributed by atoms with Gasteiger partial charge >= 0.3 is 0 Å². The van der Waals surface area contributed by atoms with Crippen molar-refractivity contribution in [2.24, 2.45) is 0 Å². The molecule has 10 rings (SSSR count). The van der Waals surface area contributed by atoms with Crippen molar-refractivity contribution in [1.82, 2.24) is 70.8 Å². The molecule has 8 heterocycles. The van der Waals surface area contributed by atoms with Crippen molar-refractivity contribution >= 4 is 23.0 Å². The number of piperidine rings is 2. The molecule has 2 saturated heterocycles. The van der Waals surface area contributed by atoms with Gasteiger partial charge < -0.3 is 26.8 Å². The third-order valence-corrected chi connectivity index (χ3v) is 13.7. The smallest absolute Gasteiger partial charge is 0.190 e. The number of hydrogen-bond donors (Lipinski definition) is 4. The maximum absolute atomic E-state index is 15.0. The number of aryl methyl sites for hydroxylation is 2. The molecule has 352 valence electrons. The Morgan fingerprint density at radius 2 is 1.32 bits per heavy atom. The van der Waals surface area contributed by atoms with Gasteiger partial charge in [-0.15, -0.1) is 21.5 Å². The first-order valence-electron chi connectivity index (χ1n) is 22.5. The molecule has 17 nitrogen and oxygen atoms in total. The van der Waals surface area contributed by atoms with Crippen LogP contribution in [-0.4, -0.2) is 92.9 Å². The van der Waals surface area contributed by atoms with E-state index >= 15 is 4.39 Å². The Bertz CT molecular complexity index is 3060. The van der Waals surface area contributed by atoms with Gasteiger partial charge in [-0.1, -0.05) is 12.1 Å². The van der Waals surface area contributed by atoms with Crippen molar-refractivity contribution in [2.45, 2.75) is 71.9 Å². The second-order valence-electron chi connectivity index (χ2n) is 16.8. The lowest BCUT2D eigenvalue weighted by Crippen LogP contribution is -2.29. The van der Waals surface area contributed by atoms with E-state index in [2.05, 4.69) is 69.7 Å². The molecule has 0 atom stereocenters. The van der Waals surface area contributed by atoms with Crippen LogP contribution >= 0.6 is 11.3 Å². The second kappa shape index (κ2) is 20.1. The van der Waals surface area contributed by atoms with Crippen molar-refractivity contribution in [3.8, 4) is 55.7 Å². The number of hydrogen-bond acceptors (Lipinski definition) is 15. The number of nitrogens with one attached hydrogen (secondary N) is 2. The van der Waals surface area contributed by atoms with Crippen molar-refractivity contribution in [1.29, 1.82) is 0 Å². The van der Waals surface area contributed by atoms with E-state index in [9.17, 15) is 8.78 Å². The Morgan fingerprint density at radius 3 is 1.99 bits per heavy atom. The number of benzene rings is 2. The summed E-state index contributed by atoms with van der Waals surface area (Å²) in [6.07, 6.45) is 11.5. The number of halogens is 3. The first-order valence-corrected chi connectivity index (χ1v) is 23.3. The molecule has 0 bridgehead atoms. The number of aromatic nitrogens is 12. The van der Waals surface area contributed by atoms with E-state index in [1.807, 2.05) is 29.9 Å². The van der Waals surface area contributed by atoms with Gasteiger partial charge in [0.2, 0.25) is 0 Å². The SMILES string of the molecule is CCOCc1ccc(-n2nnnc2-c2cc(-c3cnn(C4CCNCC4)c3)cnc2N)c(F)c1F.Cc1ccc(-n2nnnc2-c2cc(-c3cc(C4CCNCC4)c(C)s3)cnc2N)c(F)c1C. The van der Waals surface area contributed by atoms with Gasteiger partial charge in [-0.2, -0.15) is 14.5 Å². The van der Waals surface area contributed by atoms with Crippen LogP contribution in [0.1, 0.15) is 71.7 Å². The molecule has 68 heavy (non-hydrogen) atoms. The Balaban J connectivity index is 0.000000170. The molecule has 6 N–H and O–H groups in total. The van der Waals surface area contributed by atoms with Crippen molar-refractivity contribution in [2.75, 3.05) is 44.3 Å². The summed E-state index contributed by atoms with van der Waals surface area (Å²) in [4.78, 5) is 11.2. The predicted octanol–water partition coefficient (Wildman–Crippen LogP) is 7.48. The number of pyridine rings is 2. The molecule has 0 spiro atoms. The van der Waals surface area contributed by atoms with Crippen molar-refractivity contribution in [3.05, 3.63) is 112 Å². The minimum atomic E-state index is -1.08. The summed E-state index contributed by atoms with van der Waals surface area (Å²) < 4.78 is 54.3. The van der Waals surface area contributed by atoms with Crippen LogP contribution in [0.2, 0.25) is 0 Å². The number of tetrazole rings is 2. The standard InChI is InChI=1S/C24H26FN7S.C23H25F2N9O/c1-13-4-5-20(22(25)14(13)2)32-24(29-30-31-32)19-10-17(12-28-23(19)26)21-11-18(15(3)33-21)16-6-8-27-9-7-16;1-2-35-13-14-3-4-19(21(25)20(14)24)34-23(30-31-32-34)18-9-15(10-28-22(18)26)16-11-29-33(12-16)17-5-7-27-8-6-17/h4-5,10-12,16,27H,6-9H2,1-3H3,(H2,26,28);3-4,9-12,17,27H,2,5-8,13H2,1H3,(H2,26,28). The third kappa shape index (κ3) is 9.33. The summed E-state index contributed by atoms with van der Waals surface area (Å²) >= 11 is 1.76. The van der Waals surface area contributed by atoms with Crippen LogP contribution in [-0.2, 0) is 11.3 Å². The maximum Gasteiger partial charge on any atom is 0.190 e. The lowest BCUT2D eigenvalue weighted by atomic mass is 9.90. The Kier molecular flexibility index (Phi) is 13.7. The number of thiophene rings is 1. The monoisotopic (exact) mass is 944 g/mol. The fourth-order valence-corrected chi connectivity index (χ4v) is 9.66. The third-order valence-electron chi connectivity index (χ3n) is 12.6. The van der Waals surface area contributed by atoms with Gasteiger partial charge in [-0.05, 0) is 153 Å². The Hall–Kier alpha value is -6.94. The molecule has 0 radical (unpaired) electrons. The summed E-state index contributed by atoms with van der Waals surface area (Å²) in [7, 11) is 0. The summed E-state index contributed by atoms with van der Waals surface area (Å²) in [5, 5.41) is 34.9. The lowest BCUT2D eigenvalue weighted by Gasteiger charge is -2.22. The fraction of sp³-hybridized carbons (Fsp3) is 0.340. The van der Waals surface area contributed by atoms with Crippen LogP contribution in [0.5, 0.6) is 0 Å². The zero-order valence-electron chi connectivity index (χ0n) is 38.0. The van der Waals surface area contributed by atoms with E-state index in [4.69, 9.17) is 16.2 Å². The zero-order chi connectivity index (χ0) is 47.5. The molecule has 2 aliphatic heterocycles. The molecule has 0 saturated carbocycles. The van der Waals surface area contributed by atoms with Gasteiger partial charge in [0, 0.05) is 57.2 Å². The average molecular weight is 945 g/mol. The molecular weight excluding hydrogens is 894 g/mol. The number of nitrogen functional groups attached to an aromatic ring is 2. The van der Waals surface area contributed by atoms with Crippen molar-refractivity contribution < 1.29 is 17.9 Å². The van der Waals surface area contributed by atoms with Gasteiger partial charge in [0.25, 0.3) is 0 Å². The predicted molar refractivity (Wildman–Crippen MR) is 254 cm³/mol. The minimum absolute atomic E-state index is 0.0358. The molecule has 2 aromatic carbocycles. The number of rotatable bonds is 11. The second-order valence-corrected chi connectivity index (χ2v) is 18.1. The molecule has 0 amide bonds. The van der Waals surface area contributed by atoms with E-state index in [0.29, 0.717) is 46.9 Å². The molecule has 2 aliphatic rings. The van der Waals surface area contributed by atoms with Crippen LogP contribution in [0.3, 0.4) is 0 Å². The highest BCUT2D eigenvalue weighted by molar-refractivity contribution is 7.15. The molecule has 8 aromatic rings. The van der Waals surface area contributed by atoms with Crippen LogP contribution in [0.25, 0.3) is 55.7 Å². The maximum atomic E-state index is 15.0. The zero-order valence-corrected chi connectivity index (χ0v) is 38.9. The Labute approximate surface area is 394 Å². The summed E-state index contributed by atoms with van der Waals surface area (Å²) in [6.45, 7) is 12.0. The van der Waals surface area contributed by atoms with E-state index < -0.39 is 11.6 Å².